The predicted octanol–water partition coefficient (Wildman–Crippen LogP) is 3.75. The minimum absolute atomic E-state index is 0.0385. The predicted molar refractivity (Wildman–Crippen MR) is 88.6 cm³/mol. The molecule has 1 aromatic heterocycles. The summed E-state index contributed by atoms with van der Waals surface area (Å²) in [5.74, 6) is -0.638. The molecule has 0 bridgehead atoms. The van der Waals surface area contributed by atoms with Gasteiger partial charge in [0.2, 0.25) is 5.78 Å². The third-order valence-corrected chi connectivity index (χ3v) is 4.18. The Morgan fingerprint density at radius 3 is 2.71 bits per heavy atom. The Bertz CT molecular complexity index is 1080. The van der Waals surface area contributed by atoms with Crippen LogP contribution in [0.1, 0.15) is 15.9 Å². The molecule has 0 radical (unpaired) electrons. The van der Waals surface area contributed by atoms with Crippen molar-refractivity contribution in [1.82, 2.24) is 4.98 Å². The number of ketones is 1. The lowest BCUT2D eigenvalue weighted by atomic mass is 10.0. The number of carbonyl (C=O) groups excluding carboxylic acids is 1. The van der Waals surface area contributed by atoms with Gasteiger partial charge in [-0.15, -0.1) is 0 Å². The molecule has 2 heterocycles. The van der Waals surface area contributed by atoms with Gasteiger partial charge in [0, 0.05) is 17.0 Å². The monoisotopic (exact) mass is 341 g/mol. The zero-order valence-corrected chi connectivity index (χ0v) is 12.7. The number of fused-ring (bicyclic) bond motifs is 2. The smallest absolute Gasteiger partial charge is 0.288 e. The topological polar surface area (TPSA) is 109 Å². The number of carbonyl (C=O) groups is 1. The Morgan fingerprint density at radius 1 is 1.25 bits per heavy atom. The number of nitro benzene ring substituents is 1. The highest BCUT2D eigenvalue weighted by atomic mass is 35.5. The van der Waals surface area contributed by atoms with Gasteiger partial charge in [0.25, 0.3) is 5.69 Å². The van der Waals surface area contributed by atoms with Crippen molar-refractivity contribution in [2.45, 2.75) is 0 Å². The van der Waals surface area contributed by atoms with Crippen molar-refractivity contribution in [2.24, 2.45) is 4.99 Å². The molecule has 0 saturated carbocycles. The van der Waals surface area contributed by atoms with E-state index in [1.807, 2.05) is 0 Å². The molecule has 3 aromatic rings. The van der Waals surface area contributed by atoms with Crippen LogP contribution in [0.25, 0.3) is 10.9 Å². The summed E-state index contributed by atoms with van der Waals surface area (Å²) in [5.41, 5.74) is 1.15. The molecule has 0 unspecified atom stereocenters. The first kappa shape index (κ1) is 14.4. The number of rotatable bonds is 2. The maximum Gasteiger partial charge on any atom is 0.288 e. The summed E-state index contributed by atoms with van der Waals surface area (Å²) < 4.78 is 0. The van der Waals surface area contributed by atoms with E-state index < -0.39 is 4.92 Å². The zero-order chi connectivity index (χ0) is 17.0. The fraction of sp³-hybridized carbons (Fsp3) is 0. The maximum atomic E-state index is 12.6. The second-order valence-electron chi connectivity index (χ2n) is 5.26. The van der Waals surface area contributed by atoms with E-state index in [9.17, 15) is 20.0 Å². The van der Waals surface area contributed by atoms with Gasteiger partial charge in [-0.05, 0) is 18.2 Å². The van der Waals surface area contributed by atoms with Crippen molar-refractivity contribution < 1.29 is 14.8 Å². The molecule has 0 amide bonds. The number of nitro groups is 1. The number of H-pyrrole nitrogens is 1. The highest BCUT2D eigenvalue weighted by Crippen LogP contribution is 2.38. The number of benzene rings is 2. The SMILES string of the molecule is O=C1C(c2c(O)[nH]c3cc(Cl)c([N+](=O)[O-])cc23)=Nc2ccccc21. The lowest BCUT2D eigenvalue weighted by Crippen LogP contribution is -2.10. The molecule has 0 aliphatic carbocycles. The van der Waals surface area contributed by atoms with Gasteiger partial charge in [0.05, 0.1) is 21.7 Å². The van der Waals surface area contributed by atoms with Gasteiger partial charge in [-0.25, -0.2) is 4.99 Å². The number of para-hydroxylation sites is 1. The molecule has 2 aromatic carbocycles. The summed E-state index contributed by atoms with van der Waals surface area (Å²) in [6, 6.07) is 9.35. The normalized spacial score (nSPS) is 13.2. The van der Waals surface area contributed by atoms with Crippen LogP contribution < -0.4 is 0 Å². The van der Waals surface area contributed by atoms with Gasteiger partial charge in [-0.2, -0.15) is 0 Å². The van der Waals surface area contributed by atoms with Crippen molar-refractivity contribution in [2.75, 3.05) is 0 Å². The Balaban J connectivity index is 1.99. The van der Waals surface area contributed by atoms with Gasteiger partial charge < -0.3 is 10.1 Å². The number of aromatic hydroxyl groups is 1. The minimum atomic E-state index is -0.622. The Labute approximate surface area is 139 Å². The number of aromatic nitrogens is 1. The molecule has 7 nitrogen and oxygen atoms in total. The van der Waals surface area contributed by atoms with Gasteiger partial charge in [-0.1, -0.05) is 23.7 Å². The molecule has 0 atom stereocenters. The number of halogens is 1. The zero-order valence-electron chi connectivity index (χ0n) is 11.9. The fourth-order valence-electron chi connectivity index (χ4n) is 2.80. The van der Waals surface area contributed by atoms with Crippen molar-refractivity contribution in [3.8, 4) is 5.88 Å². The summed E-state index contributed by atoms with van der Waals surface area (Å²) in [6.07, 6.45) is 0. The molecular weight excluding hydrogens is 334 g/mol. The van der Waals surface area contributed by atoms with Crippen molar-refractivity contribution >= 4 is 45.4 Å². The lowest BCUT2D eigenvalue weighted by molar-refractivity contribution is -0.384. The van der Waals surface area contributed by atoms with Crippen LogP contribution in [0.5, 0.6) is 5.88 Å². The van der Waals surface area contributed by atoms with Crippen molar-refractivity contribution in [1.29, 1.82) is 0 Å². The van der Waals surface area contributed by atoms with Crippen LogP contribution in [0, 0.1) is 10.1 Å². The third-order valence-electron chi connectivity index (χ3n) is 3.88. The standard InChI is InChI=1S/C16H8ClN3O4/c17-9-6-11-8(5-12(9)20(23)24)13(16(22)19-11)14-15(21)7-3-1-2-4-10(7)18-14/h1-6,19,22H. The number of Topliss-reactive ketones (excluding diaryl/α,β-unsaturated/α-hetero) is 1. The van der Waals surface area contributed by atoms with Crippen LogP contribution in [0.3, 0.4) is 0 Å². The lowest BCUT2D eigenvalue weighted by Gasteiger charge is -2.00. The van der Waals surface area contributed by atoms with Crippen LogP contribution in [-0.4, -0.2) is 26.5 Å². The first-order chi connectivity index (χ1) is 11.5. The van der Waals surface area contributed by atoms with E-state index >= 15 is 0 Å². The average molecular weight is 342 g/mol. The summed E-state index contributed by atoms with van der Waals surface area (Å²) in [6.45, 7) is 0. The van der Waals surface area contributed by atoms with E-state index in [1.165, 1.54) is 12.1 Å². The van der Waals surface area contributed by atoms with Crippen molar-refractivity contribution in [3.05, 3.63) is 62.7 Å². The van der Waals surface area contributed by atoms with Crippen LogP contribution in [0.2, 0.25) is 5.02 Å². The molecule has 0 saturated heterocycles. The van der Waals surface area contributed by atoms with E-state index in [-0.39, 0.29) is 33.6 Å². The molecule has 4 rings (SSSR count). The van der Waals surface area contributed by atoms with E-state index in [1.54, 1.807) is 24.3 Å². The van der Waals surface area contributed by atoms with Crippen LogP contribution >= 0.6 is 11.6 Å². The van der Waals surface area contributed by atoms with Gasteiger partial charge in [0.1, 0.15) is 10.7 Å². The fourth-order valence-corrected chi connectivity index (χ4v) is 3.03. The summed E-state index contributed by atoms with van der Waals surface area (Å²) >= 11 is 5.88. The van der Waals surface area contributed by atoms with Crippen LogP contribution in [0.4, 0.5) is 11.4 Å². The highest BCUT2D eigenvalue weighted by Gasteiger charge is 2.31. The molecule has 0 spiro atoms. The van der Waals surface area contributed by atoms with E-state index in [2.05, 4.69) is 9.98 Å². The van der Waals surface area contributed by atoms with E-state index in [0.717, 1.165) is 0 Å². The third kappa shape index (κ3) is 1.92. The second-order valence-corrected chi connectivity index (χ2v) is 5.67. The molecule has 118 valence electrons. The summed E-state index contributed by atoms with van der Waals surface area (Å²) in [4.78, 5) is 30.0. The van der Waals surface area contributed by atoms with Crippen LogP contribution in [0.15, 0.2) is 41.4 Å². The Hall–Kier alpha value is -3.19. The molecule has 24 heavy (non-hydrogen) atoms. The van der Waals surface area contributed by atoms with E-state index in [4.69, 9.17) is 11.6 Å². The average Bonchev–Trinajstić information content (AvgIpc) is 3.02. The Morgan fingerprint density at radius 2 is 2.00 bits per heavy atom. The van der Waals surface area contributed by atoms with Crippen molar-refractivity contribution in [3.63, 3.8) is 0 Å². The molecule has 1 aliphatic heterocycles. The number of nitrogens with one attached hydrogen (secondary N) is 1. The van der Waals surface area contributed by atoms with Gasteiger partial charge in [0.15, 0.2) is 5.88 Å². The minimum Gasteiger partial charge on any atom is -0.494 e. The molecular formula is C16H8ClN3O4. The van der Waals surface area contributed by atoms with Crippen LogP contribution in [-0.2, 0) is 0 Å². The largest absolute Gasteiger partial charge is 0.494 e. The quantitative estimate of drug-likeness (QED) is 0.546. The van der Waals surface area contributed by atoms with Gasteiger partial charge in [-0.3, -0.25) is 14.9 Å². The molecule has 2 N–H and O–H groups in total. The molecule has 1 aliphatic rings. The molecule has 0 fully saturated rings. The number of hydrogen-bond acceptors (Lipinski definition) is 5. The first-order valence-corrected chi connectivity index (χ1v) is 7.26. The maximum absolute atomic E-state index is 12.6. The number of aromatic amines is 1. The summed E-state index contributed by atoms with van der Waals surface area (Å²) in [7, 11) is 0. The van der Waals surface area contributed by atoms with E-state index in [0.29, 0.717) is 22.2 Å². The first-order valence-electron chi connectivity index (χ1n) is 6.88. The number of nitrogens with zero attached hydrogens (tertiary/aromatic N) is 2. The molecule has 8 heteroatoms. The number of aliphatic imine (C=N–C) groups is 1. The number of hydrogen-bond donors (Lipinski definition) is 2. The Kier molecular flexibility index (Phi) is 2.94. The summed E-state index contributed by atoms with van der Waals surface area (Å²) in [5, 5.41) is 21.6. The second kappa shape index (κ2) is 4.90. The van der Waals surface area contributed by atoms with Gasteiger partial charge >= 0.3 is 0 Å². The highest BCUT2D eigenvalue weighted by molar-refractivity contribution is 6.56.